The molecule has 1 saturated heterocycles. The predicted molar refractivity (Wildman–Crippen MR) is 133 cm³/mol. The van der Waals surface area contributed by atoms with Gasteiger partial charge in [0.25, 0.3) is 0 Å². The van der Waals surface area contributed by atoms with Crippen molar-refractivity contribution in [2.24, 2.45) is 52.3 Å². The Balaban J connectivity index is 1.22. The normalized spacial score (nSPS) is 47.6. The maximum Gasteiger partial charge on any atom is 0.417 e. The zero-order valence-corrected chi connectivity index (χ0v) is 22.3. The van der Waals surface area contributed by atoms with Gasteiger partial charge in [-0.2, -0.15) is 13.2 Å². The van der Waals surface area contributed by atoms with Gasteiger partial charge in [0.05, 0.1) is 0 Å². The van der Waals surface area contributed by atoms with Crippen molar-refractivity contribution >= 4 is 0 Å². The fraction of sp³-hybridized carbons (Fsp3) is 1.00. The molecule has 0 spiro atoms. The van der Waals surface area contributed by atoms with Gasteiger partial charge >= 0.3 is 6.18 Å². The average Bonchev–Trinajstić information content (AvgIpc) is 3.17. The van der Waals surface area contributed by atoms with Crippen LogP contribution >= 0.6 is 0 Å². The van der Waals surface area contributed by atoms with Crippen molar-refractivity contribution in [3.05, 3.63) is 0 Å². The highest BCUT2D eigenvalue weighted by atomic mass is 19.4. The van der Waals surface area contributed by atoms with E-state index >= 15 is 0 Å². The molecular weight excluding hydrogens is 449 g/mol. The zero-order chi connectivity index (χ0) is 25.1. The molecule has 0 aromatic carbocycles. The summed E-state index contributed by atoms with van der Waals surface area (Å²) in [4.78, 5) is 0. The average molecular weight is 499 g/mol. The first kappa shape index (κ1) is 26.3. The fourth-order valence-electron chi connectivity index (χ4n) is 10.4. The maximum atomic E-state index is 13.6. The minimum atomic E-state index is -4.50. The zero-order valence-electron chi connectivity index (χ0n) is 22.3. The smallest absolute Gasteiger partial charge is 0.381 e. The lowest BCUT2D eigenvalue weighted by Crippen LogP contribution is -2.59. The molecule has 9 atom stereocenters. The largest absolute Gasteiger partial charge is 0.417 e. The Hall–Kier alpha value is -0.290. The topological polar surface area (TPSA) is 29.5 Å². The third-order valence-corrected chi connectivity index (χ3v) is 12.6. The first-order valence-electron chi connectivity index (χ1n) is 14.8. The van der Waals surface area contributed by atoms with Crippen molar-refractivity contribution in [2.45, 2.75) is 122 Å². The van der Waals surface area contributed by atoms with Gasteiger partial charge < -0.3 is 9.84 Å². The number of rotatable bonds is 5. The number of hydrogen-bond donors (Lipinski definition) is 1. The molecule has 0 bridgehead atoms. The Labute approximate surface area is 211 Å². The highest BCUT2D eigenvalue weighted by molar-refractivity contribution is 5.11. The van der Waals surface area contributed by atoms with Gasteiger partial charge in [-0.3, -0.25) is 0 Å². The first-order chi connectivity index (χ1) is 16.5. The Morgan fingerprint density at radius 3 is 2.31 bits per heavy atom. The molecule has 5 aliphatic rings. The highest BCUT2D eigenvalue weighted by Crippen LogP contribution is 2.69. The molecule has 5 heteroatoms. The van der Waals surface area contributed by atoms with Crippen molar-refractivity contribution in [3.8, 4) is 0 Å². The van der Waals surface area contributed by atoms with Crippen LogP contribution in [0.1, 0.15) is 111 Å². The molecule has 0 aromatic heterocycles. The van der Waals surface area contributed by atoms with Crippen LogP contribution in [-0.4, -0.2) is 30.1 Å². The number of ether oxygens (including phenoxy) is 1. The number of aliphatic hydroxyl groups is 1. The molecule has 1 heterocycles. The van der Waals surface area contributed by atoms with Crippen LogP contribution in [0, 0.1) is 52.3 Å². The lowest BCUT2D eigenvalue weighted by molar-refractivity contribution is -0.290. The second kappa shape index (κ2) is 9.47. The molecule has 5 rings (SSSR count). The molecule has 5 unspecified atom stereocenters. The van der Waals surface area contributed by atoms with E-state index in [0.29, 0.717) is 23.7 Å². The van der Waals surface area contributed by atoms with E-state index in [4.69, 9.17) is 4.74 Å². The van der Waals surface area contributed by atoms with Crippen LogP contribution in [0.3, 0.4) is 0 Å². The Morgan fingerprint density at radius 2 is 1.60 bits per heavy atom. The van der Waals surface area contributed by atoms with Gasteiger partial charge in [-0.05, 0) is 123 Å². The van der Waals surface area contributed by atoms with E-state index in [9.17, 15) is 18.3 Å². The molecule has 0 aromatic rings. The van der Waals surface area contributed by atoms with Gasteiger partial charge in [0.1, 0.15) is 0 Å². The van der Waals surface area contributed by atoms with E-state index in [-0.39, 0.29) is 24.2 Å². The van der Waals surface area contributed by atoms with E-state index in [1.165, 1.54) is 57.8 Å². The maximum absolute atomic E-state index is 13.6. The predicted octanol–water partition coefficient (Wildman–Crippen LogP) is 8.17. The van der Waals surface area contributed by atoms with Gasteiger partial charge in [0.15, 0.2) is 5.60 Å². The molecule has 35 heavy (non-hydrogen) atoms. The van der Waals surface area contributed by atoms with Crippen molar-refractivity contribution in [1.29, 1.82) is 0 Å². The molecular formula is C30H49F3O2. The monoisotopic (exact) mass is 498 g/mol. The third-order valence-electron chi connectivity index (χ3n) is 12.6. The summed E-state index contributed by atoms with van der Waals surface area (Å²) in [7, 11) is 0. The standard InChI is InChI=1S/C30H49F3O2/c1-20(5-4-6-21-12-17-35-18-13-21)24-9-10-25-23-8-7-22-19-29(34,30(31,32)33)16-15-27(22,2)26(23)11-14-28(24,25)3/h20-26,34H,4-19H2,1-3H3/t20-,22-,23?,24?,25?,26-,27?,28?,29-/m0/s1. The van der Waals surface area contributed by atoms with E-state index < -0.39 is 11.8 Å². The third kappa shape index (κ3) is 4.51. The number of alkyl halides is 3. The lowest BCUT2D eigenvalue weighted by atomic mass is 9.43. The lowest BCUT2D eigenvalue weighted by Gasteiger charge is -2.62. The number of halogens is 3. The molecule has 5 fully saturated rings. The van der Waals surface area contributed by atoms with Crippen LogP contribution in [0.15, 0.2) is 0 Å². The van der Waals surface area contributed by atoms with E-state index in [1.54, 1.807) is 0 Å². The Morgan fingerprint density at radius 1 is 0.886 bits per heavy atom. The molecule has 2 nitrogen and oxygen atoms in total. The summed E-state index contributed by atoms with van der Waals surface area (Å²) in [5.74, 6) is 4.39. The Kier molecular flexibility index (Phi) is 7.12. The second-order valence-electron chi connectivity index (χ2n) is 14.1. The first-order valence-corrected chi connectivity index (χ1v) is 14.8. The summed E-state index contributed by atoms with van der Waals surface area (Å²) in [6.45, 7) is 9.27. The van der Waals surface area contributed by atoms with Crippen molar-refractivity contribution < 1.29 is 23.0 Å². The fourth-order valence-corrected chi connectivity index (χ4v) is 10.4. The van der Waals surface area contributed by atoms with Crippen LogP contribution in [0.25, 0.3) is 0 Å². The van der Waals surface area contributed by atoms with E-state index in [0.717, 1.165) is 49.7 Å². The van der Waals surface area contributed by atoms with E-state index in [2.05, 4.69) is 20.8 Å². The molecule has 4 aliphatic carbocycles. The van der Waals surface area contributed by atoms with Gasteiger partial charge in [-0.15, -0.1) is 0 Å². The minimum absolute atomic E-state index is 0.00907. The number of fused-ring (bicyclic) bond motifs is 5. The van der Waals surface area contributed by atoms with Crippen LogP contribution in [0.2, 0.25) is 0 Å². The minimum Gasteiger partial charge on any atom is -0.381 e. The molecule has 1 aliphatic heterocycles. The molecule has 4 saturated carbocycles. The van der Waals surface area contributed by atoms with Crippen molar-refractivity contribution in [3.63, 3.8) is 0 Å². The summed E-state index contributed by atoms with van der Waals surface area (Å²) >= 11 is 0. The molecule has 202 valence electrons. The van der Waals surface area contributed by atoms with Gasteiger partial charge in [0, 0.05) is 13.2 Å². The molecule has 1 N–H and O–H groups in total. The van der Waals surface area contributed by atoms with Crippen molar-refractivity contribution in [1.82, 2.24) is 0 Å². The number of hydrogen-bond acceptors (Lipinski definition) is 2. The summed E-state index contributed by atoms with van der Waals surface area (Å²) in [5.41, 5.74) is -2.09. The molecule has 0 radical (unpaired) electrons. The van der Waals surface area contributed by atoms with Crippen LogP contribution in [0.4, 0.5) is 13.2 Å². The second-order valence-corrected chi connectivity index (χ2v) is 14.1. The van der Waals surface area contributed by atoms with Crippen molar-refractivity contribution in [2.75, 3.05) is 13.2 Å². The summed E-state index contributed by atoms with van der Waals surface area (Å²) in [5, 5.41) is 10.5. The van der Waals surface area contributed by atoms with Crippen LogP contribution < -0.4 is 0 Å². The summed E-state index contributed by atoms with van der Waals surface area (Å²) in [6.07, 6.45) is 9.39. The van der Waals surface area contributed by atoms with Gasteiger partial charge in [-0.25, -0.2) is 0 Å². The van der Waals surface area contributed by atoms with Crippen LogP contribution in [-0.2, 0) is 4.74 Å². The highest BCUT2D eigenvalue weighted by Gasteiger charge is 2.65. The van der Waals surface area contributed by atoms with Crippen LogP contribution in [0.5, 0.6) is 0 Å². The summed E-state index contributed by atoms with van der Waals surface area (Å²) < 4.78 is 46.4. The summed E-state index contributed by atoms with van der Waals surface area (Å²) in [6, 6.07) is 0. The quantitative estimate of drug-likeness (QED) is 0.414. The molecule has 0 amide bonds. The Bertz CT molecular complexity index is 748. The van der Waals surface area contributed by atoms with E-state index in [1.807, 2.05) is 0 Å². The van der Waals surface area contributed by atoms with Gasteiger partial charge in [-0.1, -0.05) is 40.0 Å². The SMILES string of the molecule is C[C@@H](CCCC1CCOCC1)C1CCC2C3CC[C@H]4C[C@](O)(C(F)(F)F)CCC4(C)[C@H]3CCC21C. The van der Waals surface area contributed by atoms with Gasteiger partial charge in [0.2, 0.25) is 0 Å².